The summed E-state index contributed by atoms with van der Waals surface area (Å²) in [6.07, 6.45) is 0.167. The topological polar surface area (TPSA) is 97.7 Å². The molecule has 2 rings (SSSR count). The van der Waals surface area contributed by atoms with Gasteiger partial charge in [0.05, 0.1) is 11.5 Å². The zero-order valence-electron chi connectivity index (χ0n) is 10.8. The van der Waals surface area contributed by atoms with Gasteiger partial charge in [-0.15, -0.1) is 0 Å². The van der Waals surface area contributed by atoms with Crippen LogP contribution in [-0.2, 0) is 20.4 Å². The lowest BCUT2D eigenvalue weighted by Crippen LogP contribution is -2.02. The maximum Gasteiger partial charge on any atom is 0.294 e. The highest BCUT2D eigenvalue weighted by Gasteiger charge is 2.14. The van der Waals surface area contributed by atoms with Crippen LogP contribution in [0.2, 0.25) is 0 Å². The summed E-state index contributed by atoms with van der Waals surface area (Å²) < 4.78 is 57.9. The molecule has 0 aliphatic heterocycles. The molecule has 2 aromatic carbocycles. The molecule has 0 amide bonds. The molecule has 2 aromatic rings. The normalized spacial score (nSPS) is 11.3. The molecule has 0 aliphatic rings. The Hall–Kier alpha value is -1.90. The number of hydrogen-bond acceptors (Lipinski definition) is 5. The third-order valence-corrected chi connectivity index (χ3v) is 4.06. The third-order valence-electron chi connectivity index (χ3n) is 2.72. The van der Waals surface area contributed by atoms with Crippen LogP contribution < -0.4 is 4.74 Å². The Bertz CT molecular complexity index is 889. The Morgan fingerprint density at radius 2 is 1.90 bits per heavy atom. The summed E-state index contributed by atoms with van der Waals surface area (Å²) in [5, 5.41) is 2.32. The molecule has 0 unspecified atom stereocenters. The van der Waals surface area contributed by atoms with Crippen LogP contribution in [-0.4, -0.2) is 33.4 Å². The van der Waals surface area contributed by atoms with Crippen molar-refractivity contribution in [1.29, 1.82) is 0 Å². The maximum absolute atomic E-state index is 11.3. The number of ether oxygens (including phenoxy) is 1. The quantitative estimate of drug-likeness (QED) is 0.508. The highest BCUT2D eigenvalue weighted by atomic mass is 32.2. The van der Waals surface area contributed by atoms with Crippen LogP contribution in [0, 0.1) is 0 Å². The number of benzene rings is 2. The van der Waals surface area contributed by atoms with Crippen molar-refractivity contribution in [2.24, 2.45) is 0 Å². The Morgan fingerprint density at radius 1 is 1.19 bits per heavy atom. The van der Waals surface area contributed by atoms with E-state index in [4.69, 9.17) is 9.29 Å². The SMILES string of the molecule is O=S(=O)=CCCOc1cc(S(=O)(=O)O)cc2ccccc12. The van der Waals surface area contributed by atoms with Crippen LogP contribution in [0.1, 0.15) is 6.42 Å². The average Bonchev–Trinajstić information content (AvgIpc) is 2.42. The van der Waals surface area contributed by atoms with Gasteiger partial charge in [-0.1, -0.05) is 24.3 Å². The molecule has 0 spiro atoms. The van der Waals surface area contributed by atoms with Crippen molar-refractivity contribution in [1.82, 2.24) is 0 Å². The molecule has 21 heavy (non-hydrogen) atoms. The Kier molecular flexibility index (Phi) is 4.61. The zero-order chi connectivity index (χ0) is 15.5. The molecule has 112 valence electrons. The van der Waals surface area contributed by atoms with Crippen molar-refractivity contribution in [2.45, 2.75) is 11.3 Å². The highest BCUT2D eigenvalue weighted by molar-refractivity contribution is 7.85. The van der Waals surface area contributed by atoms with Gasteiger partial charge in [-0.2, -0.15) is 16.8 Å². The second-order valence-corrected chi connectivity index (χ2v) is 6.46. The van der Waals surface area contributed by atoms with Gasteiger partial charge in [-0.05, 0) is 11.5 Å². The first-order chi connectivity index (χ1) is 9.88. The molecule has 0 aliphatic carbocycles. The molecule has 0 saturated carbocycles. The first-order valence-electron chi connectivity index (χ1n) is 5.92. The van der Waals surface area contributed by atoms with E-state index in [2.05, 4.69) is 0 Å². The van der Waals surface area contributed by atoms with E-state index in [1.807, 2.05) is 0 Å². The van der Waals surface area contributed by atoms with Crippen LogP contribution in [0.5, 0.6) is 5.75 Å². The minimum atomic E-state index is -4.35. The van der Waals surface area contributed by atoms with Gasteiger partial charge in [-0.25, -0.2) is 0 Å². The summed E-state index contributed by atoms with van der Waals surface area (Å²) in [7, 11) is -6.61. The fourth-order valence-electron chi connectivity index (χ4n) is 1.83. The monoisotopic (exact) mass is 328 g/mol. The van der Waals surface area contributed by atoms with Crippen LogP contribution in [0.3, 0.4) is 0 Å². The molecule has 0 aromatic heterocycles. The molecular formula is C13H12O6S2. The number of fused-ring (bicyclic) bond motifs is 1. The lowest BCUT2D eigenvalue weighted by Gasteiger charge is -2.10. The van der Waals surface area contributed by atoms with Crippen LogP contribution in [0.25, 0.3) is 10.8 Å². The maximum atomic E-state index is 11.3. The summed E-state index contributed by atoms with van der Waals surface area (Å²) in [5.41, 5.74) is 0. The van der Waals surface area contributed by atoms with E-state index >= 15 is 0 Å². The summed E-state index contributed by atoms with van der Waals surface area (Å²) in [4.78, 5) is -0.271. The van der Waals surface area contributed by atoms with E-state index in [1.165, 1.54) is 12.1 Å². The molecular weight excluding hydrogens is 316 g/mol. The number of rotatable bonds is 5. The Labute approximate surface area is 123 Å². The second kappa shape index (κ2) is 6.25. The van der Waals surface area contributed by atoms with Crippen molar-refractivity contribution in [3.05, 3.63) is 36.4 Å². The molecule has 0 saturated heterocycles. The lowest BCUT2D eigenvalue weighted by atomic mass is 10.1. The highest BCUT2D eigenvalue weighted by Crippen LogP contribution is 2.29. The van der Waals surface area contributed by atoms with Gasteiger partial charge in [0.2, 0.25) is 10.3 Å². The van der Waals surface area contributed by atoms with Crippen molar-refractivity contribution in [3.63, 3.8) is 0 Å². The fraction of sp³-hybridized carbons (Fsp3) is 0.154. The van der Waals surface area contributed by atoms with Crippen molar-refractivity contribution in [2.75, 3.05) is 6.61 Å². The summed E-state index contributed by atoms with van der Waals surface area (Å²) >= 11 is 0. The minimum Gasteiger partial charge on any atom is -0.493 e. The third kappa shape index (κ3) is 4.03. The number of hydrogen-bond donors (Lipinski definition) is 1. The molecule has 8 heteroatoms. The van der Waals surface area contributed by atoms with Gasteiger partial charge < -0.3 is 4.74 Å². The van der Waals surface area contributed by atoms with Gasteiger partial charge in [0.15, 0.2) is 0 Å². The Morgan fingerprint density at radius 3 is 2.57 bits per heavy atom. The molecule has 6 nitrogen and oxygen atoms in total. The van der Waals surface area contributed by atoms with Crippen LogP contribution in [0.4, 0.5) is 0 Å². The van der Waals surface area contributed by atoms with Gasteiger partial charge >= 0.3 is 0 Å². The van der Waals surface area contributed by atoms with Crippen molar-refractivity contribution >= 4 is 36.6 Å². The summed E-state index contributed by atoms with van der Waals surface area (Å²) in [6, 6.07) is 9.49. The second-order valence-electron chi connectivity index (χ2n) is 4.18. The van der Waals surface area contributed by atoms with Crippen LogP contribution in [0.15, 0.2) is 41.3 Å². The first-order valence-corrected chi connectivity index (χ1v) is 8.50. The predicted molar refractivity (Wildman–Crippen MR) is 78.9 cm³/mol. The van der Waals surface area contributed by atoms with E-state index < -0.39 is 20.4 Å². The van der Waals surface area contributed by atoms with Gasteiger partial charge in [0, 0.05) is 23.2 Å². The van der Waals surface area contributed by atoms with E-state index in [-0.39, 0.29) is 23.7 Å². The average molecular weight is 328 g/mol. The van der Waals surface area contributed by atoms with E-state index in [1.54, 1.807) is 24.3 Å². The molecule has 0 fully saturated rings. The van der Waals surface area contributed by atoms with Gasteiger partial charge in [0.25, 0.3) is 10.1 Å². The van der Waals surface area contributed by atoms with E-state index in [9.17, 15) is 16.8 Å². The standard InChI is InChI=1S/C13H12O6S2/c14-20(15)7-3-6-19-13-9-11(21(16,17)18)8-10-4-1-2-5-12(10)13/h1-2,4-5,7-9H,3,6H2,(H,16,17,18). The van der Waals surface area contributed by atoms with E-state index in [0.717, 1.165) is 5.37 Å². The lowest BCUT2D eigenvalue weighted by molar-refractivity contribution is 0.333. The largest absolute Gasteiger partial charge is 0.493 e. The van der Waals surface area contributed by atoms with Gasteiger partial charge in [0.1, 0.15) is 5.75 Å². The Balaban J connectivity index is 2.42. The zero-order valence-corrected chi connectivity index (χ0v) is 12.4. The van der Waals surface area contributed by atoms with E-state index in [0.29, 0.717) is 10.8 Å². The summed E-state index contributed by atoms with van der Waals surface area (Å²) in [5.74, 6) is 0.269. The molecule has 0 heterocycles. The molecule has 1 N–H and O–H groups in total. The minimum absolute atomic E-state index is 0.0763. The van der Waals surface area contributed by atoms with Crippen molar-refractivity contribution in [3.8, 4) is 5.75 Å². The smallest absolute Gasteiger partial charge is 0.294 e. The molecule has 0 atom stereocenters. The predicted octanol–water partition coefficient (Wildman–Crippen LogP) is 1.54. The molecule has 0 radical (unpaired) electrons. The van der Waals surface area contributed by atoms with Crippen LogP contribution >= 0.6 is 0 Å². The summed E-state index contributed by atoms with van der Waals surface area (Å²) in [6.45, 7) is 0.0763. The van der Waals surface area contributed by atoms with Crippen molar-refractivity contribution < 1.29 is 26.1 Å². The fourth-order valence-corrected chi connectivity index (χ4v) is 2.65. The molecule has 0 bridgehead atoms. The first kappa shape index (κ1) is 15.5. The van der Waals surface area contributed by atoms with Gasteiger partial charge in [-0.3, -0.25) is 4.55 Å².